The van der Waals surface area contributed by atoms with E-state index >= 15 is 0 Å². The van der Waals surface area contributed by atoms with Gasteiger partial charge in [-0.1, -0.05) is 47.7 Å². The van der Waals surface area contributed by atoms with Crippen LogP contribution in [0.25, 0.3) is 0 Å². The number of nitrogens with zero attached hydrogens (tertiary/aromatic N) is 3. The van der Waals surface area contributed by atoms with Crippen LogP contribution in [0.3, 0.4) is 0 Å². The minimum Gasteiger partial charge on any atom is -0.337 e. The third-order valence-electron chi connectivity index (χ3n) is 4.86. The lowest BCUT2D eigenvalue weighted by molar-refractivity contribution is -0.132. The largest absolute Gasteiger partial charge is 0.337 e. The highest BCUT2D eigenvalue weighted by molar-refractivity contribution is 7.15. The number of thiazole rings is 1. The fourth-order valence-electron chi connectivity index (χ4n) is 3.27. The first kappa shape index (κ1) is 19.9. The van der Waals surface area contributed by atoms with Crippen molar-refractivity contribution in [3.05, 3.63) is 76.6 Å². The quantitative estimate of drug-likeness (QED) is 0.618. The number of Topliss-reactive ketones (excluding diaryl/α,β-unsaturated/α-hetero) is 1. The third kappa shape index (κ3) is 4.60. The Morgan fingerprint density at radius 2 is 1.83 bits per heavy atom. The van der Waals surface area contributed by atoms with E-state index in [0.717, 1.165) is 10.6 Å². The van der Waals surface area contributed by atoms with Gasteiger partial charge in [0.1, 0.15) is 5.69 Å². The van der Waals surface area contributed by atoms with Gasteiger partial charge in [-0.2, -0.15) is 0 Å². The number of amides is 2. The van der Waals surface area contributed by atoms with Gasteiger partial charge in [0.2, 0.25) is 5.91 Å². The number of fused-ring (bicyclic) bond motifs is 1. The number of hydrogen-bond acceptors (Lipinski definition) is 6. The second kappa shape index (κ2) is 8.96. The van der Waals surface area contributed by atoms with Crippen LogP contribution in [0.5, 0.6) is 0 Å². The van der Waals surface area contributed by atoms with Crippen LogP contribution in [-0.2, 0) is 17.8 Å². The van der Waals surface area contributed by atoms with E-state index in [9.17, 15) is 14.4 Å². The van der Waals surface area contributed by atoms with Crippen molar-refractivity contribution >= 4 is 34.1 Å². The van der Waals surface area contributed by atoms with E-state index in [2.05, 4.69) is 15.3 Å². The molecule has 152 valence electrons. The number of ketones is 1. The number of anilines is 1. The predicted molar refractivity (Wildman–Crippen MR) is 113 cm³/mol. The molecule has 1 N–H and O–H groups in total. The summed E-state index contributed by atoms with van der Waals surface area (Å²) in [6.07, 6.45) is 2.57. The molecule has 1 aromatic carbocycles. The predicted octanol–water partition coefficient (Wildman–Crippen LogP) is 3.34. The molecule has 0 fully saturated rings. The van der Waals surface area contributed by atoms with Crippen molar-refractivity contribution < 1.29 is 14.4 Å². The molecule has 0 atom stereocenters. The molecular formula is C22H20N4O3S. The van der Waals surface area contributed by atoms with Crippen LogP contribution >= 0.6 is 11.3 Å². The number of carbonyl (C=O) groups is 3. The molecule has 7 nitrogen and oxygen atoms in total. The van der Waals surface area contributed by atoms with Crippen LogP contribution < -0.4 is 5.32 Å². The lowest BCUT2D eigenvalue weighted by atomic mass is 10.1. The van der Waals surface area contributed by atoms with E-state index in [4.69, 9.17) is 0 Å². The van der Waals surface area contributed by atoms with Gasteiger partial charge in [-0.05, 0) is 12.1 Å². The Morgan fingerprint density at radius 3 is 2.60 bits per heavy atom. The van der Waals surface area contributed by atoms with Gasteiger partial charge in [-0.25, -0.2) is 4.98 Å². The van der Waals surface area contributed by atoms with Gasteiger partial charge < -0.3 is 4.90 Å². The zero-order valence-electron chi connectivity index (χ0n) is 16.2. The number of aromatic nitrogens is 2. The van der Waals surface area contributed by atoms with E-state index in [1.54, 1.807) is 41.4 Å². The first-order chi connectivity index (χ1) is 14.6. The summed E-state index contributed by atoms with van der Waals surface area (Å²) in [5.41, 5.74) is 1.85. The van der Waals surface area contributed by atoms with Gasteiger partial charge in [0.05, 0.1) is 12.2 Å². The van der Waals surface area contributed by atoms with Crippen molar-refractivity contribution in [2.75, 3.05) is 11.9 Å². The average Bonchev–Trinajstić information content (AvgIpc) is 3.19. The Hall–Kier alpha value is -3.39. The molecule has 2 amide bonds. The Bertz CT molecular complexity index is 1070. The molecule has 0 saturated heterocycles. The standard InChI is InChI=1S/C22H20N4O3S/c27-18(15-6-2-1-3-7-15)9-10-20(28)26-13-11-16-19(14-26)30-22(24-16)25-21(29)17-8-4-5-12-23-17/h1-8,12H,9-11,13-14H2,(H,24,25,29). The summed E-state index contributed by atoms with van der Waals surface area (Å²) in [4.78, 5) is 48.3. The second-order valence-corrected chi connectivity index (χ2v) is 8.00. The minimum absolute atomic E-state index is 0.0287. The maximum absolute atomic E-state index is 12.6. The summed E-state index contributed by atoms with van der Waals surface area (Å²) < 4.78 is 0. The fourth-order valence-corrected chi connectivity index (χ4v) is 4.29. The zero-order chi connectivity index (χ0) is 20.9. The summed E-state index contributed by atoms with van der Waals surface area (Å²) >= 11 is 1.37. The third-order valence-corrected chi connectivity index (χ3v) is 5.86. The first-order valence-electron chi connectivity index (χ1n) is 9.67. The molecule has 0 bridgehead atoms. The molecule has 30 heavy (non-hydrogen) atoms. The van der Waals surface area contributed by atoms with Gasteiger partial charge in [0.25, 0.3) is 5.91 Å². The van der Waals surface area contributed by atoms with E-state index in [1.165, 1.54) is 11.3 Å². The normalized spacial score (nSPS) is 12.9. The van der Waals surface area contributed by atoms with Crippen molar-refractivity contribution in [2.24, 2.45) is 0 Å². The second-order valence-electron chi connectivity index (χ2n) is 6.91. The number of hydrogen-bond donors (Lipinski definition) is 1. The summed E-state index contributed by atoms with van der Waals surface area (Å²) in [6.45, 7) is 1.01. The molecule has 0 spiro atoms. The molecule has 0 radical (unpaired) electrons. The van der Waals surface area contributed by atoms with Crippen LogP contribution in [-0.4, -0.2) is 39.0 Å². The Kier molecular flexibility index (Phi) is 5.94. The summed E-state index contributed by atoms with van der Waals surface area (Å²) in [5.74, 6) is -0.384. The van der Waals surface area contributed by atoms with Gasteiger partial charge in [-0.15, -0.1) is 0 Å². The molecule has 4 rings (SSSR count). The Morgan fingerprint density at radius 1 is 1.03 bits per heavy atom. The molecule has 0 unspecified atom stereocenters. The molecule has 0 saturated carbocycles. The van der Waals surface area contributed by atoms with Crippen LogP contribution in [0, 0.1) is 0 Å². The van der Waals surface area contributed by atoms with E-state index < -0.39 is 0 Å². The number of nitrogens with one attached hydrogen (secondary N) is 1. The van der Waals surface area contributed by atoms with E-state index in [1.807, 2.05) is 18.2 Å². The van der Waals surface area contributed by atoms with E-state index in [-0.39, 0.29) is 30.4 Å². The molecule has 2 aromatic heterocycles. The minimum atomic E-state index is -0.311. The van der Waals surface area contributed by atoms with Crippen LogP contribution in [0.15, 0.2) is 54.7 Å². The number of pyridine rings is 1. The summed E-state index contributed by atoms with van der Waals surface area (Å²) in [5, 5.41) is 3.28. The monoisotopic (exact) mass is 420 g/mol. The summed E-state index contributed by atoms with van der Waals surface area (Å²) in [6, 6.07) is 14.1. The van der Waals surface area contributed by atoms with Crippen molar-refractivity contribution in [1.29, 1.82) is 0 Å². The maximum Gasteiger partial charge on any atom is 0.276 e. The highest BCUT2D eigenvalue weighted by Gasteiger charge is 2.25. The van der Waals surface area contributed by atoms with Gasteiger partial charge >= 0.3 is 0 Å². The highest BCUT2D eigenvalue weighted by Crippen LogP contribution is 2.29. The number of benzene rings is 1. The summed E-state index contributed by atoms with van der Waals surface area (Å²) in [7, 11) is 0. The van der Waals surface area contributed by atoms with Crippen molar-refractivity contribution in [2.45, 2.75) is 25.8 Å². The molecule has 8 heteroatoms. The van der Waals surface area contributed by atoms with Crippen molar-refractivity contribution in [3.8, 4) is 0 Å². The fraction of sp³-hybridized carbons (Fsp3) is 0.227. The molecule has 1 aliphatic heterocycles. The van der Waals surface area contributed by atoms with Crippen LogP contribution in [0.4, 0.5) is 5.13 Å². The van der Waals surface area contributed by atoms with Gasteiger partial charge in [-0.3, -0.25) is 24.7 Å². The van der Waals surface area contributed by atoms with Gasteiger partial charge in [0, 0.05) is 42.4 Å². The molecule has 1 aliphatic rings. The smallest absolute Gasteiger partial charge is 0.276 e. The Labute approximate surface area is 177 Å². The SMILES string of the molecule is O=C(CCC(=O)N1CCc2nc(NC(=O)c3ccccn3)sc2C1)c1ccccc1. The Balaban J connectivity index is 1.34. The van der Waals surface area contributed by atoms with Gasteiger partial charge in [0.15, 0.2) is 10.9 Å². The molecule has 0 aliphatic carbocycles. The van der Waals surface area contributed by atoms with Crippen LogP contribution in [0.1, 0.15) is 44.3 Å². The van der Waals surface area contributed by atoms with Crippen LogP contribution in [0.2, 0.25) is 0 Å². The first-order valence-corrected chi connectivity index (χ1v) is 10.5. The lowest BCUT2D eigenvalue weighted by Gasteiger charge is -2.26. The molecular weight excluding hydrogens is 400 g/mol. The lowest BCUT2D eigenvalue weighted by Crippen LogP contribution is -2.35. The highest BCUT2D eigenvalue weighted by atomic mass is 32.1. The van der Waals surface area contributed by atoms with E-state index in [0.29, 0.717) is 35.9 Å². The molecule has 3 aromatic rings. The number of rotatable bonds is 6. The molecule has 3 heterocycles. The average molecular weight is 420 g/mol. The topological polar surface area (TPSA) is 92.3 Å². The van der Waals surface area contributed by atoms with Crippen molar-refractivity contribution in [1.82, 2.24) is 14.9 Å². The number of carbonyl (C=O) groups excluding carboxylic acids is 3. The van der Waals surface area contributed by atoms with Crippen molar-refractivity contribution in [3.63, 3.8) is 0 Å². The zero-order valence-corrected chi connectivity index (χ0v) is 17.0. The maximum atomic E-state index is 12.6.